The van der Waals surface area contributed by atoms with Gasteiger partial charge in [0, 0.05) is 40.3 Å². The summed E-state index contributed by atoms with van der Waals surface area (Å²) >= 11 is 7.78. The van der Waals surface area contributed by atoms with Gasteiger partial charge in [-0.25, -0.2) is 9.69 Å². The summed E-state index contributed by atoms with van der Waals surface area (Å²) in [4.78, 5) is 32.5. The minimum Gasteiger partial charge on any atom is -0.497 e. The molecule has 0 aliphatic carbocycles. The molecule has 1 N–H and O–H groups in total. The Kier molecular flexibility index (Phi) is 4.48. The number of halogens is 1. The van der Waals surface area contributed by atoms with Crippen LogP contribution in [-0.2, 0) is 11.8 Å². The van der Waals surface area contributed by atoms with E-state index in [0.29, 0.717) is 16.5 Å². The number of carbonyl (C=O) groups is 2. The van der Waals surface area contributed by atoms with E-state index in [9.17, 15) is 9.59 Å². The van der Waals surface area contributed by atoms with E-state index in [1.807, 2.05) is 36.0 Å². The Labute approximate surface area is 181 Å². The Hall–Kier alpha value is -2.97. The van der Waals surface area contributed by atoms with Crippen LogP contribution in [0.1, 0.15) is 5.56 Å². The predicted molar refractivity (Wildman–Crippen MR) is 118 cm³/mol. The molecule has 5 rings (SSSR count). The first-order valence-corrected chi connectivity index (χ1v) is 10.5. The summed E-state index contributed by atoms with van der Waals surface area (Å²) in [6.07, 6.45) is 7.01. The second-order valence-electron chi connectivity index (χ2n) is 7.09. The third-order valence-corrected chi connectivity index (χ3v) is 6.99. The molecule has 2 aromatic heterocycles. The van der Waals surface area contributed by atoms with E-state index in [1.165, 1.54) is 16.7 Å². The molecule has 0 spiro atoms. The standard InChI is InChI=1S/C21H17ClN4O3S/c1-25-6-5-11-9-23-10-16(18(11)25)26-20(27)19-15(24-21(26)28)8-17(30-19)13-7-12(29-2)3-4-14(13)22/h3-10,15,19H,1-2H3,(H,24,28). The first kappa shape index (κ1) is 19.0. The average Bonchev–Trinajstić information content (AvgIpc) is 3.33. The van der Waals surface area contributed by atoms with E-state index in [2.05, 4.69) is 10.3 Å². The zero-order valence-electron chi connectivity index (χ0n) is 16.1. The summed E-state index contributed by atoms with van der Waals surface area (Å²) in [5, 5.41) is 3.87. The molecule has 2 atom stereocenters. The summed E-state index contributed by atoms with van der Waals surface area (Å²) in [5.41, 5.74) is 2.02. The van der Waals surface area contributed by atoms with Crippen molar-refractivity contribution in [2.24, 2.45) is 7.05 Å². The van der Waals surface area contributed by atoms with E-state index in [4.69, 9.17) is 16.3 Å². The van der Waals surface area contributed by atoms with Crippen LogP contribution < -0.4 is 15.0 Å². The van der Waals surface area contributed by atoms with Gasteiger partial charge in [-0.05, 0) is 30.3 Å². The van der Waals surface area contributed by atoms with E-state index in [1.54, 1.807) is 31.6 Å². The number of benzene rings is 1. The van der Waals surface area contributed by atoms with Gasteiger partial charge in [-0.1, -0.05) is 11.6 Å². The fourth-order valence-electron chi connectivity index (χ4n) is 3.85. The van der Waals surface area contributed by atoms with Crippen LogP contribution in [0.5, 0.6) is 5.75 Å². The highest BCUT2D eigenvalue weighted by molar-refractivity contribution is 8.09. The van der Waals surface area contributed by atoms with Crippen LogP contribution in [0.2, 0.25) is 5.02 Å². The number of methoxy groups -OCH3 is 1. The topological polar surface area (TPSA) is 76.5 Å². The first-order valence-electron chi connectivity index (χ1n) is 9.24. The highest BCUT2D eigenvalue weighted by Gasteiger charge is 2.46. The van der Waals surface area contributed by atoms with Crippen molar-refractivity contribution in [3.05, 3.63) is 59.5 Å². The number of rotatable bonds is 3. The van der Waals surface area contributed by atoms with Gasteiger partial charge in [0.25, 0.3) is 5.91 Å². The Bertz CT molecular complexity index is 1240. The number of thioether (sulfide) groups is 1. The summed E-state index contributed by atoms with van der Waals surface area (Å²) in [7, 11) is 3.46. The third-order valence-electron chi connectivity index (χ3n) is 5.30. The number of nitrogens with zero attached hydrogens (tertiary/aromatic N) is 3. The maximum Gasteiger partial charge on any atom is 0.329 e. The van der Waals surface area contributed by atoms with E-state index in [-0.39, 0.29) is 5.91 Å². The normalized spacial score (nSPS) is 20.9. The lowest BCUT2D eigenvalue weighted by atomic mass is 10.1. The minimum atomic E-state index is -0.490. The lowest BCUT2D eigenvalue weighted by molar-refractivity contribution is -0.118. The molecule has 2 unspecified atom stereocenters. The van der Waals surface area contributed by atoms with E-state index < -0.39 is 17.3 Å². The number of imide groups is 1. The van der Waals surface area contributed by atoms with Crippen LogP contribution in [0.15, 0.2) is 48.9 Å². The van der Waals surface area contributed by atoms with Crippen molar-refractivity contribution in [1.82, 2.24) is 14.9 Å². The number of hydrogen-bond donors (Lipinski definition) is 1. The second kappa shape index (κ2) is 7.07. The van der Waals surface area contributed by atoms with Crippen LogP contribution in [0.25, 0.3) is 15.8 Å². The van der Waals surface area contributed by atoms with Gasteiger partial charge in [0.05, 0.1) is 30.6 Å². The van der Waals surface area contributed by atoms with Gasteiger partial charge in [-0.2, -0.15) is 0 Å². The van der Waals surface area contributed by atoms with Crippen LogP contribution in [0.4, 0.5) is 10.5 Å². The van der Waals surface area contributed by atoms with Crippen LogP contribution >= 0.6 is 23.4 Å². The summed E-state index contributed by atoms with van der Waals surface area (Å²) < 4.78 is 7.17. The van der Waals surface area contributed by atoms with Gasteiger partial charge in [0.2, 0.25) is 0 Å². The van der Waals surface area contributed by atoms with Crippen molar-refractivity contribution in [2.75, 3.05) is 12.0 Å². The van der Waals surface area contributed by atoms with Crippen LogP contribution in [0, 0.1) is 0 Å². The summed E-state index contributed by atoms with van der Waals surface area (Å²) in [6.45, 7) is 0. The molecule has 1 aromatic carbocycles. The molecule has 1 saturated heterocycles. The highest BCUT2D eigenvalue weighted by Crippen LogP contribution is 2.45. The number of hydrogen-bond acceptors (Lipinski definition) is 5. The molecular formula is C21H17ClN4O3S. The van der Waals surface area contributed by atoms with Gasteiger partial charge in [0.1, 0.15) is 11.0 Å². The van der Waals surface area contributed by atoms with Crippen molar-refractivity contribution >= 4 is 56.8 Å². The van der Waals surface area contributed by atoms with E-state index in [0.717, 1.165) is 21.4 Å². The third kappa shape index (κ3) is 2.86. The number of pyridine rings is 1. The smallest absolute Gasteiger partial charge is 0.329 e. The Balaban J connectivity index is 1.51. The summed E-state index contributed by atoms with van der Waals surface area (Å²) in [6, 6.07) is 6.39. The number of aromatic nitrogens is 2. The molecule has 30 heavy (non-hydrogen) atoms. The van der Waals surface area contributed by atoms with Crippen molar-refractivity contribution in [1.29, 1.82) is 0 Å². The Morgan fingerprint density at radius 2 is 2.07 bits per heavy atom. The molecule has 0 bridgehead atoms. The Morgan fingerprint density at radius 1 is 1.23 bits per heavy atom. The molecule has 3 amide bonds. The highest BCUT2D eigenvalue weighted by atomic mass is 35.5. The molecule has 2 aliphatic rings. The number of anilines is 1. The molecule has 3 aromatic rings. The lowest BCUT2D eigenvalue weighted by Crippen LogP contribution is -2.60. The molecular weight excluding hydrogens is 424 g/mol. The van der Waals surface area contributed by atoms with Gasteiger partial charge in [-0.3, -0.25) is 9.78 Å². The van der Waals surface area contributed by atoms with Crippen LogP contribution in [-0.4, -0.2) is 39.9 Å². The molecule has 7 nitrogen and oxygen atoms in total. The summed E-state index contributed by atoms with van der Waals surface area (Å²) in [5.74, 6) is 0.388. The quantitative estimate of drug-likeness (QED) is 0.670. The van der Waals surface area contributed by atoms with E-state index >= 15 is 0 Å². The second-order valence-corrected chi connectivity index (χ2v) is 8.68. The minimum absolute atomic E-state index is 0.283. The molecule has 4 heterocycles. The SMILES string of the molecule is COc1ccc(Cl)c(C2=CC3NC(=O)N(c4cncc5ccn(C)c45)C(=O)C3S2)c1. The monoisotopic (exact) mass is 440 g/mol. The fourth-order valence-corrected chi connectivity index (χ4v) is 5.42. The molecule has 152 valence electrons. The number of amides is 3. The largest absolute Gasteiger partial charge is 0.497 e. The molecule has 1 fully saturated rings. The number of urea groups is 1. The number of ether oxygens (including phenoxy) is 1. The molecule has 0 saturated carbocycles. The number of nitrogens with one attached hydrogen (secondary N) is 1. The fraction of sp³-hybridized carbons (Fsp3) is 0.190. The van der Waals surface area contributed by atoms with Gasteiger partial charge < -0.3 is 14.6 Å². The van der Waals surface area contributed by atoms with Crippen molar-refractivity contribution in [3.8, 4) is 5.75 Å². The van der Waals surface area contributed by atoms with Crippen LogP contribution in [0.3, 0.4) is 0 Å². The first-order chi connectivity index (χ1) is 14.5. The van der Waals surface area contributed by atoms with Crippen molar-refractivity contribution < 1.29 is 14.3 Å². The molecule has 2 aliphatic heterocycles. The Morgan fingerprint density at radius 3 is 2.87 bits per heavy atom. The number of aryl methyl sites for hydroxylation is 1. The number of carbonyl (C=O) groups excluding carboxylic acids is 2. The van der Waals surface area contributed by atoms with Crippen molar-refractivity contribution in [3.63, 3.8) is 0 Å². The van der Waals surface area contributed by atoms with Gasteiger partial charge >= 0.3 is 6.03 Å². The van der Waals surface area contributed by atoms with Gasteiger partial charge in [0.15, 0.2) is 0 Å². The maximum absolute atomic E-state index is 13.4. The zero-order chi connectivity index (χ0) is 21.0. The lowest BCUT2D eigenvalue weighted by Gasteiger charge is -2.33. The van der Waals surface area contributed by atoms with Crippen molar-refractivity contribution in [2.45, 2.75) is 11.3 Å². The molecule has 9 heteroatoms. The number of fused-ring (bicyclic) bond motifs is 2. The van der Waals surface area contributed by atoms with Gasteiger partial charge in [-0.15, -0.1) is 11.8 Å². The predicted octanol–water partition coefficient (Wildman–Crippen LogP) is 3.82. The zero-order valence-corrected chi connectivity index (χ0v) is 17.7. The average molecular weight is 441 g/mol. The maximum atomic E-state index is 13.4. The molecule has 0 radical (unpaired) electrons.